The van der Waals surface area contributed by atoms with E-state index in [1.54, 1.807) is 7.11 Å². The van der Waals surface area contributed by atoms with Crippen molar-refractivity contribution in [2.75, 3.05) is 20.2 Å². The van der Waals surface area contributed by atoms with E-state index in [-0.39, 0.29) is 5.92 Å². The maximum Gasteiger partial charge on any atom is 0.407 e. The lowest BCUT2D eigenvalue weighted by Gasteiger charge is -2.41. The van der Waals surface area contributed by atoms with E-state index in [4.69, 9.17) is 4.74 Å². The SMILES string of the molecule is COC(C)(c1ccc(-c2cnc3ccccc3c2)cc1)C1CCN(C(=O)O)CC1. The molecule has 1 saturated heterocycles. The van der Waals surface area contributed by atoms with Gasteiger partial charge in [-0.15, -0.1) is 0 Å². The molecule has 2 heterocycles. The fraction of sp³-hybridized carbons (Fsp3) is 0.333. The van der Waals surface area contributed by atoms with Crippen molar-refractivity contribution < 1.29 is 14.6 Å². The fourth-order valence-electron chi connectivity index (χ4n) is 4.36. The van der Waals surface area contributed by atoms with Crippen LogP contribution in [0.3, 0.4) is 0 Å². The van der Waals surface area contributed by atoms with Crippen molar-refractivity contribution >= 4 is 17.0 Å². The highest BCUT2D eigenvalue weighted by Gasteiger charge is 2.38. The maximum atomic E-state index is 11.2. The number of fused-ring (bicyclic) bond motifs is 1. The van der Waals surface area contributed by atoms with E-state index in [1.165, 1.54) is 4.90 Å². The zero-order valence-corrected chi connectivity index (χ0v) is 16.8. The molecule has 150 valence electrons. The monoisotopic (exact) mass is 390 g/mol. The first kappa shape index (κ1) is 19.4. The minimum absolute atomic E-state index is 0.274. The van der Waals surface area contributed by atoms with Gasteiger partial charge >= 0.3 is 6.09 Å². The summed E-state index contributed by atoms with van der Waals surface area (Å²) in [5.74, 6) is 0.274. The molecule has 29 heavy (non-hydrogen) atoms. The van der Waals surface area contributed by atoms with Crippen LogP contribution in [0.15, 0.2) is 60.8 Å². The third kappa shape index (κ3) is 3.70. The molecule has 5 heteroatoms. The third-order valence-electron chi connectivity index (χ3n) is 6.35. The first-order valence-electron chi connectivity index (χ1n) is 10.00. The summed E-state index contributed by atoms with van der Waals surface area (Å²) in [7, 11) is 1.74. The smallest absolute Gasteiger partial charge is 0.407 e. The lowest BCUT2D eigenvalue weighted by molar-refractivity contribution is -0.0666. The zero-order chi connectivity index (χ0) is 20.4. The number of amides is 1. The quantitative estimate of drug-likeness (QED) is 0.669. The maximum absolute atomic E-state index is 11.2. The molecule has 1 aromatic heterocycles. The van der Waals surface area contributed by atoms with Gasteiger partial charge in [-0.05, 0) is 48.9 Å². The Labute approximate surface area is 170 Å². The second-order valence-electron chi connectivity index (χ2n) is 7.85. The van der Waals surface area contributed by atoms with Gasteiger partial charge in [0.2, 0.25) is 0 Å². The highest BCUT2D eigenvalue weighted by atomic mass is 16.5. The van der Waals surface area contributed by atoms with Crippen molar-refractivity contribution in [2.45, 2.75) is 25.4 Å². The van der Waals surface area contributed by atoms with Crippen LogP contribution in [0.5, 0.6) is 0 Å². The van der Waals surface area contributed by atoms with Gasteiger partial charge in [0.15, 0.2) is 0 Å². The largest absolute Gasteiger partial charge is 0.465 e. The predicted molar refractivity (Wildman–Crippen MR) is 114 cm³/mol. The van der Waals surface area contributed by atoms with Crippen molar-refractivity contribution in [3.63, 3.8) is 0 Å². The second kappa shape index (κ2) is 7.84. The van der Waals surface area contributed by atoms with Crippen LogP contribution in [0.4, 0.5) is 4.79 Å². The fourth-order valence-corrected chi connectivity index (χ4v) is 4.36. The topological polar surface area (TPSA) is 62.7 Å². The Bertz CT molecular complexity index is 1010. The third-order valence-corrected chi connectivity index (χ3v) is 6.35. The molecule has 0 bridgehead atoms. The number of likely N-dealkylation sites (tertiary alicyclic amines) is 1. The number of benzene rings is 2. The Balaban J connectivity index is 1.57. The van der Waals surface area contributed by atoms with Gasteiger partial charge in [-0.25, -0.2) is 4.79 Å². The molecule has 0 spiro atoms. The standard InChI is InChI=1S/C24H26N2O3/c1-24(29-2,21-11-13-26(14-12-21)23(27)28)20-9-7-17(8-10-20)19-15-18-5-3-4-6-22(18)25-16-19/h3-10,15-16,21H,11-14H2,1-2H3,(H,27,28). The van der Waals surface area contributed by atoms with E-state index >= 15 is 0 Å². The van der Waals surface area contributed by atoms with Crippen molar-refractivity contribution in [3.8, 4) is 11.1 Å². The highest BCUT2D eigenvalue weighted by molar-refractivity contribution is 5.83. The predicted octanol–water partition coefficient (Wildman–Crippen LogP) is 5.15. The molecule has 1 fully saturated rings. The van der Waals surface area contributed by atoms with E-state index < -0.39 is 11.7 Å². The summed E-state index contributed by atoms with van der Waals surface area (Å²) in [6.07, 6.45) is 2.67. The number of ether oxygens (including phenoxy) is 1. The second-order valence-corrected chi connectivity index (χ2v) is 7.85. The molecular weight excluding hydrogens is 364 g/mol. The van der Waals surface area contributed by atoms with Gasteiger partial charge in [0.25, 0.3) is 0 Å². The summed E-state index contributed by atoms with van der Waals surface area (Å²) in [5.41, 5.74) is 3.87. The molecule has 1 unspecified atom stereocenters. The average molecular weight is 390 g/mol. The van der Waals surface area contributed by atoms with Crippen LogP contribution in [-0.4, -0.2) is 41.3 Å². The van der Waals surface area contributed by atoms with Gasteiger partial charge < -0.3 is 14.7 Å². The van der Waals surface area contributed by atoms with E-state index in [0.717, 1.165) is 40.4 Å². The average Bonchev–Trinajstić information content (AvgIpc) is 2.78. The first-order valence-corrected chi connectivity index (χ1v) is 10.00. The summed E-state index contributed by atoms with van der Waals surface area (Å²) in [6, 6.07) is 18.7. The van der Waals surface area contributed by atoms with Crippen LogP contribution < -0.4 is 0 Å². The number of piperidine rings is 1. The summed E-state index contributed by atoms with van der Waals surface area (Å²) in [6.45, 7) is 3.22. The Hall–Kier alpha value is -2.92. The number of carboxylic acid groups (broad SMARTS) is 1. The Morgan fingerprint density at radius 2 is 1.79 bits per heavy atom. The number of nitrogens with zero attached hydrogens (tertiary/aromatic N) is 2. The molecule has 3 aromatic rings. The molecule has 1 amide bonds. The van der Waals surface area contributed by atoms with Crippen molar-refractivity contribution in [2.24, 2.45) is 5.92 Å². The molecule has 1 aliphatic heterocycles. The molecule has 0 radical (unpaired) electrons. The van der Waals surface area contributed by atoms with Crippen LogP contribution in [0.2, 0.25) is 0 Å². The van der Waals surface area contributed by atoms with Crippen molar-refractivity contribution in [3.05, 3.63) is 66.4 Å². The number of hydrogen-bond acceptors (Lipinski definition) is 3. The molecule has 5 nitrogen and oxygen atoms in total. The minimum atomic E-state index is -0.837. The minimum Gasteiger partial charge on any atom is -0.465 e. The van der Waals surface area contributed by atoms with E-state index in [2.05, 4.69) is 48.3 Å². The van der Waals surface area contributed by atoms with E-state index in [9.17, 15) is 9.90 Å². The number of carbonyl (C=O) groups is 1. The number of aromatic nitrogens is 1. The van der Waals surface area contributed by atoms with Crippen LogP contribution in [0.1, 0.15) is 25.3 Å². The lowest BCUT2D eigenvalue weighted by atomic mass is 9.77. The van der Waals surface area contributed by atoms with Gasteiger partial charge in [-0.1, -0.05) is 42.5 Å². The van der Waals surface area contributed by atoms with Gasteiger partial charge in [-0.2, -0.15) is 0 Å². The van der Waals surface area contributed by atoms with Crippen LogP contribution in [0, 0.1) is 5.92 Å². The molecule has 1 aliphatic rings. The number of pyridine rings is 1. The van der Waals surface area contributed by atoms with Gasteiger partial charge in [0.05, 0.1) is 11.1 Å². The van der Waals surface area contributed by atoms with Crippen LogP contribution in [0.25, 0.3) is 22.0 Å². The van der Waals surface area contributed by atoms with E-state index in [1.807, 2.05) is 24.4 Å². The number of hydrogen-bond donors (Lipinski definition) is 1. The Morgan fingerprint density at radius 3 is 2.45 bits per heavy atom. The molecule has 1 atom stereocenters. The summed E-state index contributed by atoms with van der Waals surface area (Å²) >= 11 is 0. The molecule has 0 aliphatic carbocycles. The van der Waals surface area contributed by atoms with Gasteiger partial charge in [0.1, 0.15) is 0 Å². The summed E-state index contributed by atoms with van der Waals surface area (Å²) in [4.78, 5) is 17.2. The summed E-state index contributed by atoms with van der Waals surface area (Å²) < 4.78 is 5.98. The highest BCUT2D eigenvalue weighted by Crippen LogP contribution is 2.39. The lowest BCUT2D eigenvalue weighted by Crippen LogP contribution is -2.44. The van der Waals surface area contributed by atoms with E-state index in [0.29, 0.717) is 13.1 Å². The molecule has 4 rings (SSSR count). The van der Waals surface area contributed by atoms with Gasteiger partial charge in [-0.3, -0.25) is 4.98 Å². The number of methoxy groups -OCH3 is 1. The number of rotatable bonds is 4. The number of para-hydroxylation sites is 1. The first-order chi connectivity index (χ1) is 14.0. The van der Waals surface area contributed by atoms with Crippen molar-refractivity contribution in [1.29, 1.82) is 0 Å². The Morgan fingerprint density at radius 1 is 1.10 bits per heavy atom. The Kier molecular flexibility index (Phi) is 5.24. The molecular formula is C24H26N2O3. The molecule has 2 aromatic carbocycles. The normalized spacial score (nSPS) is 17.2. The molecule has 0 saturated carbocycles. The van der Waals surface area contributed by atoms with Gasteiger partial charge in [0, 0.05) is 37.3 Å². The molecule has 1 N–H and O–H groups in total. The van der Waals surface area contributed by atoms with Crippen LogP contribution >= 0.6 is 0 Å². The zero-order valence-electron chi connectivity index (χ0n) is 16.8. The van der Waals surface area contributed by atoms with Crippen LogP contribution in [-0.2, 0) is 10.3 Å². The van der Waals surface area contributed by atoms with Crippen molar-refractivity contribution in [1.82, 2.24) is 9.88 Å². The summed E-state index contributed by atoms with van der Waals surface area (Å²) in [5, 5.41) is 10.3.